The van der Waals surface area contributed by atoms with Crippen LogP contribution in [0.25, 0.3) is 0 Å². The van der Waals surface area contributed by atoms with E-state index in [0.717, 1.165) is 36.8 Å². The summed E-state index contributed by atoms with van der Waals surface area (Å²) in [5.41, 5.74) is 1.10. The number of hydrogen-bond donors (Lipinski definition) is 2. The van der Waals surface area contributed by atoms with Crippen molar-refractivity contribution in [1.82, 2.24) is 15.5 Å². The van der Waals surface area contributed by atoms with Crippen molar-refractivity contribution in [2.24, 2.45) is 0 Å². The molecule has 7 heteroatoms. The van der Waals surface area contributed by atoms with Crippen LogP contribution in [0.15, 0.2) is 24.3 Å². The monoisotopic (exact) mass is 447 g/mol. The van der Waals surface area contributed by atoms with Gasteiger partial charge in [0.05, 0.1) is 0 Å². The summed E-state index contributed by atoms with van der Waals surface area (Å²) < 4.78 is 5.24. The highest BCUT2D eigenvalue weighted by Crippen LogP contribution is 2.24. The van der Waals surface area contributed by atoms with Gasteiger partial charge in [0, 0.05) is 12.6 Å². The molecule has 0 radical (unpaired) electrons. The predicted molar refractivity (Wildman–Crippen MR) is 127 cm³/mol. The standard InChI is InChI=1S/C25H41N3O4/c1-8-9-10-11-15-28(21(29)17-26-24(31)32-25(5,6)7)22(23(30)27-18(2)3)20-14-12-13-19(4)16-20/h12-14,16,18,22H,8-11,15,17H2,1-7H3,(H,26,31)(H,27,30). The first-order valence-corrected chi connectivity index (χ1v) is 11.6. The summed E-state index contributed by atoms with van der Waals surface area (Å²) in [4.78, 5) is 40.1. The van der Waals surface area contributed by atoms with Gasteiger partial charge in [-0.2, -0.15) is 0 Å². The Hall–Kier alpha value is -2.57. The molecule has 7 nitrogen and oxygen atoms in total. The number of rotatable bonds is 11. The van der Waals surface area contributed by atoms with E-state index in [4.69, 9.17) is 4.74 Å². The van der Waals surface area contributed by atoms with Crippen molar-refractivity contribution < 1.29 is 19.1 Å². The molecule has 0 heterocycles. The van der Waals surface area contributed by atoms with Gasteiger partial charge in [-0.3, -0.25) is 9.59 Å². The predicted octanol–water partition coefficient (Wildman–Crippen LogP) is 4.49. The number of amides is 3. The van der Waals surface area contributed by atoms with Gasteiger partial charge in [0.1, 0.15) is 18.2 Å². The molecule has 1 rings (SSSR count). The average Bonchev–Trinajstić information content (AvgIpc) is 2.66. The molecule has 1 aromatic carbocycles. The average molecular weight is 448 g/mol. The fourth-order valence-corrected chi connectivity index (χ4v) is 3.35. The SMILES string of the molecule is CCCCCCN(C(=O)CNC(=O)OC(C)(C)C)C(C(=O)NC(C)C)c1cccc(C)c1. The van der Waals surface area contributed by atoms with E-state index in [-0.39, 0.29) is 24.4 Å². The highest BCUT2D eigenvalue weighted by molar-refractivity contribution is 5.90. The van der Waals surface area contributed by atoms with Crippen LogP contribution in [-0.4, -0.2) is 47.5 Å². The van der Waals surface area contributed by atoms with Crippen molar-refractivity contribution >= 4 is 17.9 Å². The molecule has 0 spiro atoms. The Bertz CT molecular complexity index is 756. The Kier molecular flexibility index (Phi) is 11.2. The van der Waals surface area contributed by atoms with E-state index in [9.17, 15) is 14.4 Å². The lowest BCUT2D eigenvalue weighted by Crippen LogP contribution is -2.49. The maximum atomic E-state index is 13.2. The lowest BCUT2D eigenvalue weighted by Gasteiger charge is -2.32. The van der Waals surface area contributed by atoms with E-state index in [1.165, 1.54) is 0 Å². The Labute approximate surface area is 193 Å². The van der Waals surface area contributed by atoms with Crippen molar-refractivity contribution in [3.05, 3.63) is 35.4 Å². The van der Waals surface area contributed by atoms with E-state index < -0.39 is 17.7 Å². The van der Waals surface area contributed by atoms with Gasteiger partial charge in [-0.25, -0.2) is 4.79 Å². The van der Waals surface area contributed by atoms with Crippen molar-refractivity contribution in [1.29, 1.82) is 0 Å². The molecule has 32 heavy (non-hydrogen) atoms. The number of alkyl carbamates (subject to hydrolysis) is 1. The summed E-state index contributed by atoms with van der Waals surface area (Å²) in [5, 5.41) is 5.48. The van der Waals surface area contributed by atoms with Gasteiger partial charge in [0.25, 0.3) is 0 Å². The van der Waals surface area contributed by atoms with Crippen LogP contribution in [0.1, 0.15) is 84.4 Å². The number of carbonyl (C=O) groups is 3. The van der Waals surface area contributed by atoms with Crippen LogP contribution in [0, 0.1) is 6.92 Å². The van der Waals surface area contributed by atoms with Crippen LogP contribution in [0.2, 0.25) is 0 Å². The topological polar surface area (TPSA) is 87.7 Å². The molecule has 180 valence electrons. The van der Waals surface area contributed by atoms with Gasteiger partial charge in [0.2, 0.25) is 11.8 Å². The second-order valence-electron chi connectivity index (χ2n) is 9.48. The molecule has 0 bridgehead atoms. The number of hydrogen-bond acceptors (Lipinski definition) is 4. The molecule has 3 amide bonds. The third-order valence-corrected chi connectivity index (χ3v) is 4.70. The van der Waals surface area contributed by atoms with Gasteiger partial charge in [-0.1, -0.05) is 56.0 Å². The summed E-state index contributed by atoms with van der Waals surface area (Å²) in [6, 6.07) is 6.81. The normalized spacial score (nSPS) is 12.2. The second kappa shape index (κ2) is 13.1. The van der Waals surface area contributed by atoms with Gasteiger partial charge < -0.3 is 20.3 Å². The van der Waals surface area contributed by atoms with Gasteiger partial charge in [-0.15, -0.1) is 0 Å². The molecule has 0 aromatic heterocycles. The lowest BCUT2D eigenvalue weighted by molar-refractivity contribution is -0.140. The molecule has 0 saturated carbocycles. The Morgan fingerprint density at radius 1 is 1.09 bits per heavy atom. The number of benzene rings is 1. The van der Waals surface area contributed by atoms with E-state index in [2.05, 4.69) is 17.6 Å². The minimum absolute atomic E-state index is 0.0632. The molecule has 0 aliphatic rings. The van der Waals surface area contributed by atoms with Gasteiger partial charge in [0.15, 0.2) is 0 Å². The summed E-state index contributed by atoms with van der Waals surface area (Å²) in [6.45, 7) is 13.3. The first-order chi connectivity index (χ1) is 14.9. The number of unbranched alkanes of at least 4 members (excludes halogenated alkanes) is 3. The molecule has 2 N–H and O–H groups in total. The van der Waals surface area contributed by atoms with Crippen LogP contribution in [0.3, 0.4) is 0 Å². The number of nitrogens with zero attached hydrogens (tertiary/aromatic N) is 1. The smallest absolute Gasteiger partial charge is 0.408 e. The first kappa shape index (κ1) is 27.5. The number of nitrogens with one attached hydrogen (secondary N) is 2. The number of aryl methyl sites for hydroxylation is 1. The molecule has 0 aliphatic carbocycles. The summed E-state index contributed by atoms with van der Waals surface area (Å²) >= 11 is 0. The highest BCUT2D eigenvalue weighted by atomic mass is 16.6. The molecule has 0 fully saturated rings. The molecule has 1 aromatic rings. The van der Waals surface area contributed by atoms with Crippen molar-refractivity contribution in [2.75, 3.05) is 13.1 Å². The third-order valence-electron chi connectivity index (χ3n) is 4.70. The van der Waals surface area contributed by atoms with Crippen LogP contribution in [0.4, 0.5) is 4.79 Å². The van der Waals surface area contributed by atoms with E-state index in [0.29, 0.717) is 6.54 Å². The van der Waals surface area contributed by atoms with E-state index >= 15 is 0 Å². The maximum absolute atomic E-state index is 13.2. The zero-order chi connectivity index (χ0) is 24.3. The largest absolute Gasteiger partial charge is 0.444 e. The van der Waals surface area contributed by atoms with Crippen LogP contribution in [-0.2, 0) is 14.3 Å². The minimum atomic E-state index is -0.771. The van der Waals surface area contributed by atoms with Gasteiger partial charge >= 0.3 is 6.09 Å². The number of carbonyl (C=O) groups excluding carboxylic acids is 3. The summed E-state index contributed by atoms with van der Waals surface area (Å²) in [6.07, 6.45) is 3.22. The van der Waals surface area contributed by atoms with E-state index in [1.807, 2.05) is 45.0 Å². The lowest BCUT2D eigenvalue weighted by atomic mass is 10.0. The minimum Gasteiger partial charge on any atom is -0.444 e. The van der Waals surface area contributed by atoms with Crippen molar-refractivity contribution in [3.63, 3.8) is 0 Å². The fraction of sp³-hybridized carbons (Fsp3) is 0.640. The molecule has 0 saturated heterocycles. The molecular formula is C25H41N3O4. The maximum Gasteiger partial charge on any atom is 0.408 e. The van der Waals surface area contributed by atoms with Gasteiger partial charge in [-0.05, 0) is 53.5 Å². The van der Waals surface area contributed by atoms with Crippen molar-refractivity contribution in [2.45, 2.75) is 91.8 Å². The Morgan fingerprint density at radius 2 is 1.78 bits per heavy atom. The van der Waals surface area contributed by atoms with Crippen LogP contribution >= 0.6 is 0 Å². The van der Waals surface area contributed by atoms with Crippen LogP contribution < -0.4 is 10.6 Å². The molecule has 1 unspecified atom stereocenters. The molecule has 0 aliphatic heterocycles. The summed E-state index contributed by atoms with van der Waals surface area (Å²) in [5.74, 6) is -0.551. The zero-order valence-electron chi connectivity index (χ0n) is 20.8. The quantitative estimate of drug-likeness (QED) is 0.489. The zero-order valence-corrected chi connectivity index (χ0v) is 20.8. The van der Waals surface area contributed by atoms with Crippen molar-refractivity contribution in [3.8, 4) is 0 Å². The first-order valence-electron chi connectivity index (χ1n) is 11.6. The number of ether oxygens (including phenoxy) is 1. The van der Waals surface area contributed by atoms with E-state index in [1.54, 1.807) is 25.7 Å². The second-order valence-corrected chi connectivity index (χ2v) is 9.48. The Morgan fingerprint density at radius 3 is 2.34 bits per heavy atom. The molecule has 1 atom stereocenters. The molecular weight excluding hydrogens is 406 g/mol. The fourth-order valence-electron chi connectivity index (χ4n) is 3.35. The summed E-state index contributed by atoms with van der Waals surface area (Å²) in [7, 11) is 0. The Balaban J connectivity index is 3.15. The van der Waals surface area contributed by atoms with Crippen LogP contribution in [0.5, 0.6) is 0 Å². The third kappa shape index (κ3) is 10.2. The highest BCUT2D eigenvalue weighted by Gasteiger charge is 2.32.